The third-order valence-electron chi connectivity index (χ3n) is 2.25. The summed E-state index contributed by atoms with van der Waals surface area (Å²) in [7, 11) is 0. The highest BCUT2D eigenvalue weighted by molar-refractivity contribution is 5.35. The Kier molecular flexibility index (Phi) is 1.06. The van der Waals surface area contributed by atoms with Crippen LogP contribution in [0.2, 0.25) is 0 Å². The van der Waals surface area contributed by atoms with Crippen LogP contribution in [0.4, 0.5) is 0 Å². The lowest BCUT2D eigenvalue weighted by molar-refractivity contribution is 0.907. The van der Waals surface area contributed by atoms with Crippen molar-refractivity contribution < 1.29 is 0 Å². The van der Waals surface area contributed by atoms with Gasteiger partial charge in [-0.2, -0.15) is 5.10 Å². The fourth-order valence-electron chi connectivity index (χ4n) is 1.40. The molecule has 2 aromatic heterocycles. The van der Waals surface area contributed by atoms with Crippen LogP contribution in [0.3, 0.4) is 0 Å². The minimum absolute atomic E-state index is 0.742. The summed E-state index contributed by atoms with van der Waals surface area (Å²) in [4.78, 5) is 4.25. The van der Waals surface area contributed by atoms with Crippen molar-refractivity contribution in [3.05, 3.63) is 30.2 Å². The van der Waals surface area contributed by atoms with Crippen molar-refractivity contribution in [1.29, 1.82) is 0 Å². The van der Waals surface area contributed by atoms with Gasteiger partial charge < -0.3 is 0 Å². The molecule has 0 amide bonds. The van der Waals surface area contributed by atoms with E-state index < -0.39 is 0 Å². The summed E-state index contributed by atoms with van der Waals surface area (Å²) in [6.45, 7) is 0. The molecular weight excluding hydrogens is 150 g/mol. The first-order valence-electron chi connectivity index (χ1n) is 4.14. The summed E-state index contributed by atoms with van der Waals surface area (Å²) in [5, 5.41) is 4.09. The van der Waals surface area contributed by atoms with Crippen LogP contribution in [0.5, 0.6) is 0 Å². The molecule has 3 nitrogen and oxygen atoms in total. The van der Waals surface area contributed by atoms with Gasteiger partial charge in [0.2, 0.25) is 0 Å². The van der Waals surface area contributed by atoms with Crippen molar-refractivity contribution in [2.24, 2.45) is 0 Å². The number of fused-ring (bicyclic) bond motifs is 1. The zero-order valence-corrected chi connectivity index (χ0v) is 6.57. The Morgan fingerprint density at radius 1 is 1.50 bits per heavy atom. The molecule has 1 radical (unpaired) electrons. The average Bonchev–Trinajstić information content (AvgIpc) is 2.84. The minimum atomic E-state index is 0.742. The normalized spacial score (nSPS) is 17.0. The first-order chi connectivity index (χ1) is 5.93. The molecule has 0 aromatic carbocycles. The average molecular weight is 158 g/mol. The maximum absolute atomic E-state index is 4.25. The van der Waals surface area contributed by atoms with Crippen molar-refractivity contribution in [3.63, 3.8) is 0 Å². The number of nitrogens with zero attached hydrogens (tertiary/aromatic N) is 3. The number of hydrogen-bond donors (Lipinski definition) is 0. The van der Waals surface area contributed by atoms with E-state index in [2.05, 4.69) is 22.3 Å². The monoisotopic (exact) mass is 158 g/mol. The summed E-state index contributed by atoms with van der Waals surface area (Å²) < 4.78 is 1.79. The van der Waals surface area contributed by atoms with E-state index in [9.17, 15) is 0 Å². The van der Waals surface area contributed by atoms with E-state index >= 15 is 0 Å². The molecule has 1 aliphatic rings. The molecule has 1 saturated carbocycles. The molecular formula is C9H8N3. The van der Waals surface area contributed by atoms with E-state index in [0.717, 1.165) is 11.6 Å². The molecule has 59 valence electrons. The Morgan fingerprint density at radius 3 is 3.25 bits per heavy atom. The fourth-order valence-corrected chi connectivity index (χ4v) is 1.40. The molecule has 1 fully saturated rings. The molecule has 0 atom stereocenters. The summed E-state index contributed by atoms with van der Waals surface area (Å²) in [6.07, 6.45) is 8.25. The lowest BCUT2D eigenvalue weighted by Crippen LogP contribution is -1.92. The number of hydrogen-bond acceptors (Lipinski definition) is 2. The highest BCUT2D eigenvalue weighted by atomic mass is 15.2. The second kappa shape index (κ2) is 2.06. The van der Waals surface area contributed by atoms with E-state index in [1.165, 1.54) is 18.4 Å². The smallest absolute Gasteiger partial charge is 0.162 e. The third kappa shape index (κ3) is 0.826. The first-order valence-corrected chi connectivity index (χ1v) is 4.14. The van der Waals surface area contributed by atoms with E-state index in [0.29, 0.717) is 0 Å². The molecule has 12 heavy (non-hydrogen) atoms. The van der Waals surface area contributed by atoms with Crippen molar-refractivity contribution in [3.8, 4) is 0 Å². The number of rotatable bonds is 1. The Hall–Kier alpha value is -1.38. The van der Waals surface area contributed by atoms with Gasteiger partial charge in [-0.3, -0.25) is 0 Å². The predicted octanol–water partition coefficient (Wildman–Crippen LogP) is 1.41. The summed E-state index contributed by atoms with van der Waals surface area (Å²) >= 11 is 0. The van der Waals surface area contributed by atoms with Crippen molar-refractivity contribution >= 4 is 5.65 Å². The Bertz CT molecular complexity index is 414. The molecule has 0 N–H and O–H groups in total. The van der Waals surface area contributed by atoms with Gasteiger partial charge in [-0.05, 0) is 24.3 Å². The van der Waals surface area contributed by atoms with Crippen LogP contribution in [0.25, 0.3) is 5.65 Å². The van der Waals surface area contributed by atoms with Crippen LogP contribution in [0.1, 0.15) is 24.3 Å². The number of aromatic nitrogens is 3. The Balaban J connectivity index is 2.21. The van der Waals surface area contributed by atoms with Crippen molar-refractivity contribution in [1.82, 2.24) is 14.6 Å². The van der Waals surface area contributed by atoms with E-state index in [4.69, 9.17) is 0 Å². The summed E-state index contributed by atoms with van der Waals surface area (Å²) in [5.41, 5.74) is 2.11. The Labute approximate surface area is 70.0 Å². The minimum Gasteiger partial charge on any atom is -0.236 e. The van der Waals surface area contributed by atoms with Gasteiger partial charge in [0.15, 0.2) is 5.65 Å². The first kappa shape index (κ1) is 6.17. The highest BCUT2D eigenvalue weighted by Crippen LogP contribution is 2.39. The second-order valence-electron chi connectivity index (χ2n) is 3.22. The zero-order chi connectivity index (χ0) is 7.97. The predicted molar refractivity (Wildman–Crippen MR) is 43.8 cm³/mol. The van der Waals surface area contributed by atoms with Gasteiger partial charge in [-0.25, -0.2) is 9.50 Å². The van der Waals surface area contributed by atoms with Crippen LogP contribution in [0.15, 0.2) is 18.6 Å². The Morgan fingerprint density at radius 2 is 2.42 bits per heavy atom. The summed E-state index contributed by atoms with van der Waals surface area (Å²) in [6, 6.07) is 2.95. The maximum Gasteiger partial charge on any atom is 0.162 e. The third-order valence-corrected chi connectivity index (χ3v) is 2.25. The highest BCUT2D eigenvalue weighted by Gasteiger charge is 2.24. The fraction of sp³-hybridized carbons (Fsp3) is 0.333. The van der Waals surface area contributed by atoms with Gasteiger partial charge in [0, 0.05) is 12.4 Å². The van der Waals surface area contributed by atoms with Crippen LogP contribution < -0.4 is 0 Å². The molecule has 0 spiro atoms. The van der Waals surface area contributed by atoms with Gasteiger partial charge in [-0.1, -0.05) is 0 Å². The summed E-state index contributed by atoms with van der Waals surface area (Å²) in [5.74, 6) is 0.742. The molecule has 2 heterocycles. The van der Waals surface area contributed by atoms with Crippen molar-refractivity contribution in [2.75, 3.05) is 0 Å². The van der Waals surface area contributed by atoms with E-state index in [-0.39, 0.29) is 0 Å². The van der Waals surface area contributed by atoms with Crippen LogP contribution in [-0.4, -0.2) is 14.6 Å². The largest absolute Gasteiger partial charge is 0.236 e. The van der Waals surface area contributed by atoms with Crippen LogP contribution in [0, 0.1) is 6.07 Å². The maximum atomic E-state index is 4.25. The quantitative estimate of drug-likeness (QED) is 0.628. The zero-order valence-electron chi connectivity index (χ0n) is 6.57. The molecule has 0 aliphatic heterocycles. The topological polar surface area (TPSA) is 30.2 Å². The van der Waals surface area contributed by atoms with E-state index in [1.807, 2.05) is 6.20 Å². The van der Waals surface area contributed by atoms with E-state index in [1.54, 1.807) is 10.7 Å². The molecule has 0 bridgehead atoms. The van der Waals surface area contributed by atoms with Gasteiger partial charge in [0.25, 0.3) is 0 Å². The SMILES string of the molecule is [c]1cnn2cc(C3CC3)cnc12. The molecule has 0 saturated heterocycles. The van der Waals surface area contributed by atoms with Crippen LogP contribution in [-0.2, 0) is 0 Å². The van der Waals surface area contributed by atoms with Crippen LogP contribution >= 0.6 is 0 Å². The van der Waals surface area contributed by atoms with Gasteiger partial charge >= 0.3 is 0 Å². The van der Waals surface area contributed by atoms with Gasteiger partial charge in [0.05, 0.1) is 12.3 Å². The molecule has 3 rings (SSSR count). The molecule has 3 heteroatoms. The second-order valence-corrected chi connectivity index (χ2v) is 3.22. The molecule has 0 unspecified atom stereocenters. The van der Waals surface area contributed by atoms with Gasteiger partial charge in [-0.15, -0.1) is 0 Å². The standard InChI is InChI=1S/C9H8N3/c1-2-7(1)8-5-10-9-3-4-11-12(9)6-8/h4-7H,1-2H2. The lowest BCUT2D eigenvalue weighted by atomic mass is 10.2. The van der Waals surface area contributed by atoms with Gasteiger partial charge in [0.1, 0.15) is 0 Å². The molecule has 2 aromatic rings. The lowest BCUT2D eigenvalue weighted by Gasteiger charge is -1.96. The van der Waals surface area contributed by atoms with Crippen molar-refractivity contribution in [2.45, 2.75) is 18.8 Å². The molecule has 1 aliphatic carbocycles.